The second kappa shape index (κ2) is 10.1. The van der Waals surface area contributed by atoms with Gasteiger partial charge >= 0.3 is 5.97 Å². The summed E-state index contributed by atoms with van der Waals surface area (Å²) in [6.07, 6.45) is 0.628. The second-order valence-corrected chi connectivity index (χ2v) is 7.85. The van der Waals surface area contributed by atoms with E-state index in [0.717, 1.165) is 11.4 Å². The molecule has 8 heteroatoms. The van der Waals surface area contributed by atoms with Gasteiger partial charge in [-0.2, -0.15) is 0 Å². The largest absolute Gasteiger partial charge is 0.461 e. The average molecular weight is 425 g/mol. The van der Waals surface area contributed by atoms with Crippen molar-refractivity contribution in [1.82, 2.24) is 20.2 Å². The highest BCUT2D eigenvalue weighted by molar-refractivity contribution is 5.93. The van der Waals surface area contributed by atoms with Crippen LogP contribution in [0, 0.1) is 19.8 Å². The van der Waals surface area contributed by atoms with Crippen molar-refractivity contribution in [2.45, 2.75) is 39.7 Å². The third kappa shape index (κ3) is 6.10. The summed E-state index contributed by atoms with van der Waals surface area (Å²) in [5, 5.41) is 2.74. The lowest BCUT2D eigenvalue weighted by molar-refractivity contribution is -0.154. The van der Waals surface area contributed by atoms with Gasteiger partial charge in [0.2, 0.25) is 0 Å². The van der Waals surface area contributed by atoms with E-state index in [-0.39, 0.29) is 30.2 Å². The van der Waals surface area contributed by atoms with Gasteiger partial charge in [0.25, 0.3) is 11.8 Å². The van der Waals surface area contributed by atoms with Crippen LogP contribution in [0.15, 0.2) is 36.4 Å². The van der Waals surface area contributed by atoms with E-state index in [1.165, 1.54) is 0 Å². The molecule has 0 radical (unpaired) electrons. The molecule has 2 amide bonds. The van der Waals surface area contributed by atoms with Gasteiger partial charge in [-0.05, 0) is 57.9 Å². The molecule has 1 aliphatic rings. The smallest absolute Gasteiger partial charge is 0.309 e. The summed E-state index contributed by atoms with van der Waals surface area (Å²) < 4.78 is 5.51. The van der Waals surface area contributed by atoms with Crippen molar-refractivity contribution in [2.24, 2.45) is 5.92 Å². The van der Waals surface area contributed by atoms with Gasteiger partial charge in [-0.25, -0.2) is 9.97 Å². The molecule has 1 saturated heterocycles. The number of nitrogens with one attached hydrogen (secondary N) is 1. The van der Waals surface area contributed by atoms with E-state index in [4.69, 9.17) is 4.74 Å². The summed E-state index contributed by atoms with van der Waals surface area (Å²) >= 11 is 0. The lowest BCUT2D eigenvalue weighted by Crippen LogP contribution is -2.42. The van der Waals surface area contributed by atoms with Crippen molar-refractivity contribution < 1.29 is 19.1 Å². The number of ether oxygens (including phenoxy) is 1. The number of likely N-dealkylation sites (tertiary alicyclic amines) is 1. The first kappa shape index (κ1) is 22.4. The lowest BCUT2D eigenvalue weighted by Gasteiger charge is -2.31. The summed E-state index contributed by atoms with van der Waals surface area (Å²) in [7, 11) is 0. The average Bonchev–Trinajstić information content (AvgIpc) is 2.77. The Morgan fingerprint density at radius 3 is 2.23 bits per heavy atom. The molecule has 1 fully saturated rings. The fraction of sp³-hybridized carbons (Fsp3) is 0.435. The predicted molar refractivity (Wildman–Crippen MR) is 114 cm³/mol. The Hall–Kier alpha value is -3.29. The Morgan fingerprint density at radius 1 is 1.03 bits per heavy atom. The van der Waals surface area contributed by atoms with Crippen LogP contribution in [0.25, 0.3) is 0 Å². The zero-order valence-corrected chi connectivity index (χ0v) is 18.1. The minimum Gasteiger partial charge on any atom is -0.461 e. The summed E-state index contributed by atoms with van der Waals surface area (Å²) in [5.74, 6) is -0.971. The van der Waals surface area contributed by atoms with Crippen LogP contribution in [0.5, 0.6) is 0 Å². The zero-order valence-electron chi connectivity index (χ0n) is 18.1. The molecule has 164 valence electrons. The van der Waals surface area contributed by atoms with E-state index in [2.05, 4.69) is 15.3 Å². The molecule has 0 spiro atoms. The van der Waals surface area contributed by atoms with Crippen molar-refractivity contribution in [1.29, 1.82) is 0 Å². The number of carbonyl (C=O) groups is 3. The number of aryl methyl sites for hydroxylation is 2. The molecule has 0 aromatic carbocycles. The van der Waals surface area contributed by atoms with Gasteiger partial charge in [-0.3, -0.25) is 14.4 Å². The maximum atomic E-state index is 12.6. The number of esters is 1. The normalized spacial score (nSPS) is 15.3. The molecule has 2 aromatic rings. The van der Waals surface area contributed by atoms with Crippen LogP contribution in [0.3, 0.4) is 0 Å². The summed E-state index contributed by atoms with van der Waals surface area (Å²) in [5.41, 5.74) is 2.31. The van der Waals surface area contributed by atoms with Crippen LogP contribution in [-0.2, 0) is 9.53 Å². The maximum Gasteiger partial charge on any atom is 0.309 e. The number of carbonyl (C=O) groups excluding carboxylic acids is 3. The first-order chi connectivity index (χ1) is 14.8. The molecule has 1 N–H and O–H groups in total. The molecule has 0 unspecified atom stereocenters. The third-order valence-electron chi connectivity index (χ3n) is 5.21. The summed E-state index contributed by atoms with van der Waals surface area (Å²) in [6, 6.07) is 10.6. The van der Waals surface area contributed by atoms with Crippen LogP contribution >= 0.6 is 0 Å². The maximum absolute atomic E-state index is 12.6. The van der Waals surface area contributed by atoms with E-state index in [1.807, 2.05) is 32.0 Å². The number of piperidine rings is 1. The van der Waals surface area contributed by atoms with E-state index in [9.17, 15) is 14.4 Å². The third-order valence-corrected chi connectivity index (χ3v) is 5.21. The van der Waals surface area contributed by atoms with Crippen molar-refractivity contribution in [3.63, 3.8) is 0 Å². The molecule has 1 aliphatic heterocycles. The van der Waals surface area contributed by atoms with Crippen molar-refractivity contribution in [3.8, 4) is 0 Å². The molecule has 0 saturated carbocycles. The first-order valence-electron chi connectivity index (χ1n) is 10.5. The molecule has 8 nitrogen and oxygen atoms in total. The fourth-order valence-electron chi connectivity index (χ4n) is 3.48. The van der Waals surface area contributed by atoms with Gasteiger partial charge in [-0.1, -0.05) is 12.1 Å². The highest BCUT2D eigenvalue weighted by atomic mass is 16.5. The van der Waals surface area contributed by atoms with Gasteiger partial charge in [0.05, 0.1) is 12.5 Å². The molecule has 2 aromatic heterocycles. The molecule has 0 aliphatic carbocycles. The van der Waals surface area contributed by atoms with Crippen LogP contribution < -0.4 is 5.32 Å². The highest BCUT2D eigenvalue weighted by Gasteiger charge is 2.30. The highest BCUT2D eigenvalue weighted by Crippen LogP contribution is 2.20. The minimum atomic E-state index is -0.461. The Bertz CT molecular complexity index is 954. The quantitative estimate of drug-likeness (QED) is 0.714. The molecular formula is C23H28N4O4. The zero-order chi connectivity index (χ0) is 22.4. The molecule has 1 atom stereocenters. The number of rotatable bonds is 6. The van der Waals surface area contributed by atoms with Crippen LogP contribution in [0.1, 0.15) is 52.1 Å². The number of hydrogen-bond acceptors (Lipinski definition) is 6. The van der Waals surface area contributed by atoms with Gasteiger partial charge in [0, 0.05) is 24.5 Å². The molecule has 3 rings (SSSR count). The molecular weight excluding hydrogens is 396 g/mol. The number of aromatic nitrogens is 2. The SMILES string of the molecule is Cc1cccc(C(=O)NC[C@H](C)OC(=O)C2CCN(C(=O)c3cccc(C)n3)CC2)n1. The molecule has 3 heterocycles. The minimum absolute atomic E-state index is 0.114. The van der Waals surface area contributed by atoms with Crippen LogP contribution in [0.2, 0.25) is 0 Å². The number of nitrogens with zero attached hydrogens (tertiary/aromatic N) is 3. The van der Waals surface area contributed by atoms with Gasteiger partial charge in [0.15, 0.2) is 0 Å². The first-order valence-corrected chi connectivity index (χ1v) is 10.5. The predicted octanol–water partition coefficient (Wildman–Crippen LogP) is 2.31. The van der Waals surface area contributed by atoms with Crippen molar-refractivity contribution in [2.75, 3.05) is 19.6 Å². The number of hydrogen-bond donors (Lipinski definition) is 1. The van der Waals surface area contributed by atoms with Crippen molar-refractivity contribution in [3.05, 3.63) is 59.2 Å². The van der Waals surface area contributed by atoms with E-state index >= 15 is 0 Å². The Balaban J connectivity index is 1.43. The van der Waals surface area contributed by atoms with Gasteiger partial charge < -0.3 is 15.0 Å². The number of amides is 2. The van der Waals surface area contributed by atoms with E-state index in [0.29, 0.717) is 37.3 Å². The van der Waals surface area contributed by atoms with E-state index < -0.39 is 6.10 Å². The number of pyridine rings is 2. The van der Waals surface area contributed by atoms with Crippen molar-refractivity contribution >= 4 is 17.8 Å². The second-order valence-electron chi connectivity index (χ2n) is 7.85. The Kier molecular flexibility index (Phi) is 7.33. The standard InChI is InChI=1S/C23H28N4O4/c1-15-6-4-8-19(25-15)21(28)24-14-17(3)31-23(30)18-10-12-27(13-11-18)22(29)20-9-5-7-16(2)26-20/h4-9,17-18H,10-14H2,1-3H3,(H,24,28)/t17-/m0/s1. The molecule has 0 bridgehead atoms. The molecule has 31 heavy (non-hydrogen) atoms. The van der Waals surface area contributed by atoms with Crippen LogP contribution in [-0.4, -0.2) is 58.4 Å². The Morgan fingerprint density at radius 2 is 1.61 bits per heavy atom. The van der Waals surface area contributed by atoms with Crippen LogP contribution in [0.4, 0.5) is 0 Å². The van der Waals surface area contributed by atoms with E-state index in [1.54, 1.807) is 30.0 Å². The summed E-state index contributed by atoms with van der Waals surface area (Å²) in [6.45, 7) is 6.58. The van der Waals surface area contributed by atoms with Gasteiger partial charge in [-0.15, -0.1) is 0 Å². The Labute approximate surface area is 182 Å². The van der Waals surface area contributed by atoms with Gasteiger partial charge in [0.1, 0.15) is 17.5 Å². The summed E-state index contributed by atoms with van der Waals surface area (Å²) in [4.78, 5) is 47.4. The topological polar surface area (TPSA) is 101 Å². The fourth-order valence-corrected chi connectivity index (χ4v) is 3.48. The monoisotopic (exact) mass is 424 g/mol. The lowest BCUT2D eigenvalue weighted by atomic mass is 9.96.